The lowest BCUT2D eigenvalue weighted by molar-refractivity contribution is 0.263. The summed E-state index contributed by atoms with van der Waals surface area (Å²) in [6.07, 6.45) is 3.83. The van der Waals surface area contributed by atoms with Gasteiger partial charge >= 0.3 is 0 Å². The fourth-order valence-corrected chi connectivity index (χ4v) is 3.43. The third-order valence-electron chi connectivity index (χ3n) is 4.94. The Hall–Kier alpha value is -2.74. The van der Waals surface area contributed by atoms with E-state index in [0.717, 1.165) is 42.9 Å². The Bertz CT molecular complexity index is 948. The highest BCUT2D eigenvalue weighted by Gasteiger charge is 2.21. The molecule has 7 nitrogen and oxygen atoms in total. The fraction of sp³-hybridized carbons (Fsp3) is 0.389. The average molecular weight is 356 g/mol. The van der Waals surface area contributed by atoms with Crippen LogP contribution < -0.4 is 5.32 Å². The molecule has 0 amide bonds. The summed E-state index contributed by atoms with van der Waals surface area (Å²) in [6.45, 7) is 2.09. The van der Waals surface area contributed by atoms with E-state index in [-0.39, 0.29) is 5.75 Å². The maximum absolute atomic E-state index is 13.3. The number of hydrogen-bond acceptors (Lipinski definition) is 6. The number of phenolic OH excluding ortho intramolecular Hbond substituents is 1. The van der Waals surface area contributed by atoms with Crippen molar-refractivity contribution in [2.45, 2.75) is 18.9 Å². The molecule has 0 radical (unpaired) electrons. The second-order valence-corrected chi connectivity index (χ2v) is 6.81. The van der Waals surface area contributed by atoms with Crippen LogP contribution in [0.25, 0.3) is 22.2 Å². The topological polar surface area (TPSA) is 79.1 Å². The highest BCUT2D eigenvalue weighted by molar-refractivity contribution is 5.98. The second-order valence-electron chi connectivity index (χ2n) is 6.81. The SMILES string of the molecule is CN1CCC(Nc2nnc(-c3ccc(F)cc3O)c3c2cnn3C)CC1. The van der Waals surface area contributed by atoms with Gasteiger partial charge in [-0.05, 0) is 45.1 Å². The Morgan fingerprint density at radius 1 is 1.19 bits per heavy atom. The molecule has 1 saturated heterocycles. The molecule has 3 heterocycles. The van der Waals surface area contributed by atoms with Crippen molar-refractivity contribution < 1.29 is 9.50 Å². The van der Waals surface area contributed by atoms with Crippen LogP contribution in [0.4, 0.5) is 10.2 Å². The van der Waals surface area contributed by atoms with E-state index in [4.69, 9.17) is 0 Å². The number of piperidine rings is 1. The summed E-state index contributed by atoms with van der Waals surface area (Å²) in [6, 6.07) is 4.22. The minimum absolute atomic E-state index is 0.169. The van der Waals surface area contributed by atoms with Crippen LogP contribution in [0, 0.1) is 5.82 Å². The Kier molecular flexibility index (Phi) is 4.20. The normalized spacial score (nSPS) is 16.3. The molecule has 0 atom stereocenters. The van der Waals surface area contributed by atoms with E-state index >= 15 is 0 Å². The van der Waals surface area contributed by atoms with Crippen molar-refractivity contribution in [3.05, 3.63) is 30.2 Å². The van der Waals surface area contributed by atoms with Gasteiger partial charge in [-0.25, -0.2) is 4.39 Å². The Labute approximate surface area is 150 Å². The molecule has 2 aromatic heterocycles. The first kappa shape index (κ1) is 16.7. The lowest BCUT2D eigenvalue weighted by Crippen LogP contribution is -2.37. The Balaban J connectivity index is 1.74. The third-order valence-corrected chi connectivity index (χ3v) is 4.94. The summed E-state index contributed by atoms with van der Waals surface area (Å²) in [5.74, 6) is 0.0202. The molecule has 1 aliphatic rings. The van der Waals surface area contributed by atoms with Gasteiger partial charge in [0, 0.05) is 24.7 Å². The van der Waals surface area contributed by atoms with Crippen LogP contribution in [0.5, 0.6) is 5.75 Å². The molecule has 3 aromatic rings. The van der Waals surface area contributed by atoms with Gasteiger partial charge in [0.05, 0.1) is 17.1 Å². The van der Waals surface area contributed by atoms with Gasteiger partial charge in [0.1, 0.15) is 17.3 Å². The molecule has 1 aliphatic heterocycles. The molecule has 1 aromatic carbocycles. The van der Waals surface area contributed by atoms with Gasteiger partial charge in [-0.15, -0.1) is 10.2 Å². The van der Waals surface area contributed by atoms with E-state index in [0.29, 0.717) is 23.1 Å². The maximum atomic E-state index is 13.3. The first-order valence-corrected chi connectivity index (χ1v) is 8.65. The van der Waals surface area contributed by atoms with Crippen molar-refractivity contribution in [2.24, 2.45) is 7.05 Å². The van der Waals surface area contributed by atoms with E-state index in [1.54, 1.807) is 10.9 Å². The zero-order valence-electron chi connectivity index (χ0n) is 14.8. The summed E-state index contributed by atoms with van der Waals surface area (Å²) in [5, 5.41) is 27.4. The van der Waals surface area contributed by atoms with Crippen LogP contribution in [0.3, 0.4) is 0 Å². The Morgan fingerprint density at radius 3 is 2.69 bits per heavy atom. The number of fused-ring (bicyclic) bond motifs is 1. The second kappa shape index (κ2) is 6.53. The summed E-state index contributed by atoms with van der Waals surface area (Å²) in [5.41, 5.74) is 1.65. The maximum Gasteiger partial charge on any atom is 0.160 e. The van der Waals surface area contributed by atoms with Crippen LogP contribution in [0.15, 0.2) is 24.4 Å². The van der Waals surface area contributed by atoms with E-state index in [1.165, 1.54) is 12.1 Å². The van der Waals surface area contributed by atoms with E-state index in [9.17, 15) is 9.50 Å². The van der Waals surface area contributed by atoms with Crippen molar-refractivity contribution in [2.75, 3.05) is 25.5 Å². The van der Waals surface area contributed by atoms with Crippen molar-refractivity contribution in [3.8, 4) is 17.0 Å². The van der Waals surface area contributed by atoms with E-state index in [2.05, 4.69) is 32.6 Å². The highest BCUT2D eigenvalue weighted by Crippen LogP contribution is 2.35. The molecular formula is C18H21FN6O. The monoisotopic (exact) mass is 356 g/mol. The highest BCUT2D eigenvalue weighted by atomic mass is 19.1. The number of aromatic nitrogens is 4. The number of aryl methyl sites for hydroxylation is 1. The number of halogens is 1. The van der Waals surface area contributed by atoms with Crippen LogP contribution in [0.1, 0.15) is 12.8 Å². The number of hydrogen-bond donors (Lipinski definition) is 2. The summed E-state index contributed by atoms with van der Waals surface area (Å²) < 4.78 is 15.0. The number of phenols is 1. The fourth-order valence-electron chi connectivity index (χ4n) is 3.43. The number of likely N-dealkylation sites (tertiary alicyclic amines) is 1. The molecule has 1 fully saturated rings. The average Bonchev–Trinajstić information content (AvgIpc) is 3.00. The quantitative estimate of drug-likeness (QED) is 0.750. The molecule has 136 valence electrons. The van der Waals surface area contributed by atoms with Gasteiger partial charge in [-0.2, -0.15) is 5.10 Å². The lowest BCUT2D eigenvalue weighted by Gasteiger charge is -2.29. The van der Waals surface area contributed by atoms with Crippen molar-refractivity contribution in [3.63, 3.8) is 0 Å². The molecule has 26 heavy (non-hydrogen) atoms. The van der Waals surface area contributed by atoms with E-state index < -0.39 is 5.82 Å². The number of nitrogens with zero attached hydrogens (tertiary/aromatic N) is 5. The van der Waals surface area contributed by atoms with Crippen LogP contribution >= 0.6 is 0 Å². The number of rotatable bonds is 3. The zero-order chi connectivity index (χ0) is 18.3. The van der Waals surface area contributed by atoms with Gasteiger partial charge in [0.25, 0.3) is 0 Å². The van der Waals surface area contributed by atoms with Crippen LogP contribution in [-0.4, -0.2) is 56.2 Å². The molecule has 4 rings (SSSR count). The minimum atomic E-state index is -0.499. The van der Waals surface area contributed by atoms with Crippen molar-refractivity contribution in [1.29, 1.82) is 0 Å². The first-order valence-electron chi connectivity index (χ1n) is 8.65. The number of anilines is 1. The molecule has 0 unspecified atom stereocenters. The number of aromatic hydroxyl groups is 1. The predicted molar refractivity (Wildman–Crippen MR) is 97.5 cm³/mol. The van der Waals surface area contributed by atoms with Crippen molar-refractivity contribution in [1.82, 2.24) is 24.9 Å². The molecule has 0 saturated carbocycles. The zero-order valence-corrected chi connectivity index (χ0v) is 14.8. The van der Waals surface area contributed by atoms with Gasteiger partial charge < -0.3 is 15.3 Å². The number of benzene rings is 1. The lowest BCUT2D eigenvalue weighted by atomic mass is 10.1. The standard InChI is InChI=1S/C18H21FN6O/c1-24-7-5-12(6-8-24)21-18-14-10-20-25(2)17(14)16(22-23-18)13-4-3-11(19)9-15(13)26/h3-4,9-10,12,26H,5-8H2,1-2H3,(H,21,23). The first-order chi connectivity index (χ1) is 12.5. The predicted octanol–water partition coefficient (Wildman–Crippen LogP) is 2.38. The summed E-state index contributed by atoms with van der Waals surface area (Å²) in [4.78, 5) is 2.31. The molecular weight excluding hydrogens is 335 g/mol. The van der Waals surface area contributed by atoms with Crippen LogP contribution in [-0.2, 0) is 7.05 Å². The van der Waals surface area contributed by atoms with Gasteiger partial charge in [-0.3, -0.25) is 4.68 Å². The minimum Gasteiger partial charge on any atom is -0.507 e. The number of nitrogens with one attached hydrogen (secondary N) is 1. The summed E-state index contributed by atoms with van der Waals surface area (Å²) in [7, 11) is 3.94. The van der Waals surface area contributed by atoms with E-state index in [1.807, 2.05) is 7.05 Å². The molecule has 0 aliphatic carbocycles. The molecule has 2 N–H and O–H groups in total. The van der Waals surface area contributed by atoms with Crippen molar-refractivity contribution >= 4 is 16.7 Å². The molecule has 0 spiro atoms. The summed E-state index contributed by atoms with van der Waals surface area (Å²) >= 11 is 0. The largest absolute Gasteiger partial charge is 0.507 e. The van der Waals surface area contributed by atoms with Gasteiger partial charge in [0.15, 0.2) is 5.82 Å². The van der Waals surface area contributed by atoms with Gasteiger partial charge in [-0.1, -0.05) is 0 Å². The Morgan fingerprint density at radius 2 is 1.96 bits per heavy atom. The molecule has 8 heteroatoms. The third kappa shape index (κ3) is 2.96. The van der Waals surface area contributed by atoms with Crippen LogP contribution in [0.2, 0.25) is 0 Å². The molecule has 0 bridgehead atoms. The smallest absolute Gasteiger partial charge is 0.160 e. The van der Waals surface area contributed by atoms with Gasteiger partial charge in [0.2, 0.25) is 0 Å².